The first-order valence-electron chi connectivity index (χ1n) is 11.8. The molecular formula is C26H32N2O2S. The molecule has 2 aromatic rings. The molecule has 2 aliphatic carbocycles. The van der Waals surface area contributed by atoms with Crippen LogP contribution in [0, 0.1) is 12.8 Å². The summed E-state index contributed by atoms with van der Waals surface area (Å²) in [7, 11) is 0. The number of fused-ring (bicyclic) bond motifs is 1. The molecule has 2 amide bonds. The Bertz CT molecular complexity index is 958. The van der Waals surface area contributed by atoms with Gasteiger partial charge < -0.3 is 9.80 Å². The minimum atomic E-state index is -0.0467. The summed E-state index contributed by atoms with van der Waals surface area (Å²) in [5.74, 6) is 0.455. The summed E-state index contributed by atoms with van der Waals surface area (Å²) >= 11 is 1.79. The SMILES string of the molecule is Cc1ccccc1C1c2ccsc2CCN1C(=O)CN(C(=O)C1CCCCC1)C1CC1. The third-order valence-electron chi connectivity index (χ3n) is 7.30. The Hall–Kier alpha value is -2.14. The summed E-state index contributed by atoms with van der Waals surface area (Å²) in [5, 5.41) is 2.15. The van der Waals surface area contributed by atoms with Crippen molar-refractivity contribution in [2.45, 2.75) is 70.4 Å². The van der Waals surface area contributed by atoms with E-state index in [-0.39, 0.29) is 36.4 Å². The van der Waals surface area contributed by atoms with Crippen LogP contribution < -0.4 is 0 Å². The van der Waals surface area contributed by atoms with Crippen LogP contribution in [0.25, 0.3) is 0 Å². The van der Waals surface area contributed by atoms with Crippen molar-refractivity contribution in [2.75, 3.05) is 13.1 Å². The van der Waals surface area contributed by atoms with Crippen molar-refractivity contribution >= 4 is 23.2 Å². The Morgan fingerprint density at radius 3 is 2.55 bits per heavy atom. The van der Waals surface area contributed by atoms with Gasteiger partial charge in [0.2, 0.25) is 11.8 Å². The molecule has 2 heterocycles. The first-order chi connectivity index (χ1) is 15.1. The van der Waals surface area contributed by atoms with Gasteiger partial charge in [-0.05, 0) is 67.2 Å². The van der Waals surface area contributed by atoms with Gasteiger partial charge >= 0.3 is 0 Å². The maximum Gasteiger partial charge on any atom is 0.243 e. The molecule has 5 rings (SSSR count). The molecule has 164 valence electrons. The quantitative estimate of drug-likeness (QED) is 0.654. The minimum Gasteiger partial charge on any atom is -0.330 e. The molecule has 1 aromatic carbocycles. The van der Waals surface area contributed by atoms with Crippen molar-refractivity contribution in [1.29, 1.82) is 0 Å². The molecule has 1 atom stereocenters. The summed E-state index contributed by atoms with van der Waals surface area (Å²) in [5.41, 5.74) is 3.67. The second kappa shape index (κ2) is 8.78. The zero-order valence-electron chi connectivity index (χ0n) is 18.4. The summed E-state index contributed by atoms with van der Waals surface area (Å²) in [4.78, 5) is 32.4. The molecule has 0 bridgehead atoms. The molecule has 1 aliphatic heterocycles. The van der Waals surface area contributed by atoms with Crippen molar-refractivity contribution in [2.24, 2.45) is 5.92 Å². The minimum absolute atomic E-state index is 0.0467. The first-order valence-corrected chi connectivity index (χ1v) is 12.7. The van der Waals surface area contributed by atoms with Crippen molar-refractivity contribution in [3.8, 4) is 0 Å². The van der Waals surface area contributed by atoms with Crippen LogP contribution in [-0.2, 0) is 16.0 Å². The monoisotopic (exact) mass is 436 g/mol. The Labute approximate surface area is 189 Å². The van der Waals surface area contributed by atoms with Gasteiger partial charge in [0.1, 0.15) is 6.54 Å². The summed E-state index contributed by atoms with van der Waals surface area (Å²) in [6.45, 7) is 3.09. The number of carbonyl (C=O) groups is 2. The van der Waals surface area contributed by atoms with Crippen molar-refractivity contribution in [3.05, 3.63) is 57.3 Å². The third kappa shape index (κ3) is 4.17. The second-order valence-electron chi connectivity index (χ2n) is 9.43. The molecular weight excluding hydrogens is 404 g/mol. The highest BCUT2D eigenvalue weighted by atomic mass is 32.1. The summed E-state index contributed by atoms with van der Waals surface area (Å²) in [6.07, 6.45) is 8.50. The lowest BCUT2D eigenvalue weighted by molar-refractivity contribution is -0.145. The van der Waals surface area contributed by atoms with Crippen molar-refractivity contribution in [3.63, 3.8) is 0 Å². The highest BCUT2D eigenvalue weighted by Gasteiger charge is 2.40. The molecule has 4 nitrogen and oxygen atoms in total. The van der Waals surface area contributed by atoms with E-state index < -0.39 is 0 Å². The van der Waals surface area contributed by atoms with Gasteiger partial charge in [0, 0.05) is 23.4 Å². The largest absolute Gasteiger partial charge is 0.330 e. The van der Waals surface area contributed by atoms with Gasteiger partial charge in [-0.2, -0.15) is 0 Å². The fourth-order valence-electron chi connectivity index (χ4n) is 5.41. The van der Waals surface area contributed by atoms with Crippen LogP contribution in [0.15, 0.2) is 35.7 Å². The number of hydrogen-bond acceptors (Lipinski definition) is 3. The number of nitrogens with zero attached hydrogens (tertiary/aromatic N) is 2. The van der Waals surface area contributed by atoms with E-state index in [1.165, 1.54) is 28.0 Å². The van der Waals surface area contributed by atoms with Gasteiger partial charge in [-0.25, -0.2) is 0 Å². The second-order valence-corrected chi connectivity index (χ2v) is 10.4. The van der Waals surface area contributed by atoms with E-state index in [0.717, 1.165) is 51.5 Å². The van der Waals surface area contributed by atoms with Gasteiger partial charge in [-0.3, -0.25) is 9.59 Å². The average Bonchev–Trinajstić information content (AvgIpc) is 3.53. The van der Waals surface area contributed by atoms with Crippen LogP contribution in [0.4, 0.5) is 0 Å². The molecule has 0 N–H and O–H groups in total. The number of benzene rings is 1. The van der Waals surface area contributed by atoms with Crippen LogP contribution in [0.2, 0.25) is 0 Å². The molecule has 2 saturated carbocycles. The average molecular weight is 437 g/mol. The molecule has 0 saturated heterocycles. The van der Waals surface area contributed by atoms with E-state index in [0.29, 0.717) is 0 Å². The number of amides is 2. The normalized spacial score (nSPS) is 21.6. The molecule has 0 radical (unpaired) electrons. The highest BCUT2D eigenvalue weighted by molar-refractivity contribution is 7.10. The van der Waals surface area contributed by atoms with E-state index in [2.05, 4.69) is 42.6 Å². The number of aryl methyl sites for hydroxylation is 1. The smallest absolute Gasteiger partial charge is 0.243 e. The van der Waals surface area contributed by atoms with Crippen LogP contribution in [-0.4, -0.2) is 40.7 Å². The van der Waals surface area contributed by atoms with Gasteiger partial charge in [0.25, 0.3) is 0 Å². The maximum absolute atomic E-state index is 13.7. The number of carbonyl (C=O) groups excluding carboxylic acids is 2. The van der Waals surface area contributed by atoms with Crippen LogP contribution in [0.1, 0.15) is 72.6 Å². The zero-order valence-corrected chi connectivity index (χ0v) is 19.2. The lowest BCUT2D eigenvalue weighted by Gasteiger charge is -2.38. The molecule has 3 aliphatic rings. The standard InChI is InChI=1S/C26H32N2O2S/c1-18-7-5-6-10-21(18)25-22-14-16-31-23(22)13-15-27(25)24(29)17-28(20-11-12-20)26(30)19-8-3-2-4-9-19/h5-7,10,14,16,19-20,25H,2-4,8-9,11-13,15,17H2,1H3. The van der Waals surface area contributed by atoms with Crippen LogP contribution in [0.3, 0.4) is 0 Å². The van der Waals surface area contributed by atoms with Crippen LogP contribution in [0.5, 0.6) is 0 Å². The highest BCUT2D eigenvalue weighted by Crippen LogP contribution is 2.39. The third-order valence-corrected chi connectivity index (χ3v) is 8.30. The fraction of sp³-hybridized carbons (Fsp3) is 0.538. The zero-order chi connectivity index (χ0) is 21.4. The molecule has 1 aromatic heterocycles. The van der Waals surface area contributed by atoms with Crippen molar-refractivity contribution in [1.82, 2.24) is 9.80 Å². The topological polar surface area (TPSA) is 40.6 Å². The van der Waals surface area contributed by atoms with Gasteiger partial charge in [0.15, 0.2) is 0 Å². The van der Waals surface area contributed by atoms with E-state index >= 15 is 0 Å². The van der Waals surface area contributed by atoms with E-state index in [1.54, 1.807) is 11.3 Å². The number of rotatable bonds is 5. The maximum atomic E-state index is 13.7. The lowest BCUT2D eigenvalue weighted by Crippen LogP contribution is -2.49. The predicted octanol–water partition coefficient (Wildman–Crippen LogP) is 5.10. The van der Waals surface area contributed by atoms with Crippen molar-refractivity contribution < 1.29 is 9.59 Å². The van der Waals surface area contributed by atoms with Gasteiger partial charge in [0.05, 0.1) is 6.04 Å². The number of hydrogen-bond donors (Lipinski definition) is 0. The molecule has 1 unspecified atom stereocenters. The van der Waals surface area contributed by atoms with E-state index in [1.807, 2.05) is 9.80 Å². The molecule has 5 heteroatoms. The van der Waals surface area contributed by atoms with E-state index in [4.69, 9.17) is 0 Å². The van der Waals surface area contributed by atoms with Gasteiger partial charge in [-0.1, -0.05) is 43.5 Å². The Balaban J connectivity index is 1.40. The Kier molecular flexibility index (Phi) is 5.87. The molecule has 2 fully saturated rings. The predicted molar refractivity (Wildman–Crippen MR) is 124 cm³/mol. The number of thiophene rings is 1. The first kappa shape index (κ1) is 20.7. The lowest BCUT2D eigenvalue weighted by atomic mass is 9.88. The Morgan fingerprint density at radius 1 is 1.03 bits per heavy atom. The van der Waals surface area contributed by atoms with Gasteiger partial charge in [-0.15, -0.1) is 11.3 Å². The molecule has 31 heavy (non-hydrogen) atoms. The Morgan fingerprint density at radius 2 is 1.81 bits per heavy atom. The van der Waals surface area contributed by atoms with E-state index in [9.17, 15) is 9.59 Å². The van der Waals surface area contributed by atoms with Crippen LogP contribution >= 0.6 is 11.3 Å². The molecule has 0 spiro atoms. The summed E-state index contributed by atoms with van der Waals surface area (Å²) < 4.78 is 0. The summed E-state index contributed by atoms with van der Waals surface area (Å²) in [6, 6.07) is 10.8. The fourth-order valence-corrected chi connectivity index (χ4v) is 6.31.